The van der Waals surface area contributed by atoms with Gasteiger partial charge in [0.25, 0.3) is 11.8 Å². The zero-order chi connectivity index (χ0) is 19.0. The third kappa shape index (κ3) is 2.77. The number of benzene rings is 2. The van der Waals surface area contributed by atoms with Gasteiger partial charge in [0.15, 0.2) is 5.69 Å². The second kappa shape index (κ2) is 6.49. The molecule has 8 heteroatoms. The van der Waals surface area contributed by atoms with Crippen LogP contribution < -0.4 is 0 Å². The van der Waals surface area contributed by atoms with Crippen LogP contribution in [0.15, 0.2) is 54.7 Å². The van der Waals surface area contributed by atoms with Gasteiger partial charge in [-0.15, -0.1) is 5.10 Å². The first-order valence-corrected chi connectivity index (χ1v) is 8.31. The van der Waals surface area contributed by atoms with E-state index < -0.39 is 17.8 Å². The van der Waals surface area contributed by atoms with Crippen LogP contribution in [0.4, 0.5) is 0 Å². The van der Waals surface area contributed by atoms with E-state index in [1.807, 2.05) is 31.2 Å². The SMILES string of the molecule is CCc1ccccc1-n1cc(C(=O)ON2C(=O)c3ccccc3C2=O)nn1. The first kappa shape index (κ1) is 16.6. The summed E-state index contributed by atoms with van der Waals surface area (Å²) in [4.78, 5) is 41.9. The average Bonchev–Trinajstić information content (AvgIpc) is 3.28. The van der Waals surface area contributed by atoms with Crippen molar-refractivity contribution in [3.05, 3.63) is 77.1 Å². The van der Waals surface area contributed by atoms with Crippen molar-refractivity contribution in [1.82, 2.24) is 20.1 Å². The van der Waals surface area contributed by atoms with Gasteiger partial charge in [-0.1, -0.05) is 47.5 Å². The monoisotopic (exact) mass is 362 g/mol. The smallest absolute Gasteiger partial charge is 0.322 e. The minimum Gasteiger partial charge on any atom is -0.322 e. The maximum atomic E-state index is 12.4. The Morgan fingerprint density at radius 2 is 1.63 bits per heavy atom. The van der Waals surface area contributed by atoms with Crippen LogP contribution in [0.5, 0.6) is 0 Å². The first-order chi connectivity index (χ1) is 13.1. The zero-order valence-electron chi connectivity index (χ0n) is 14.3. The lowest BCUT2D eigenvalue weighted by Gasteiger charge is -2.11. The molecule has 1 aliphatic rings. The van der Waals surface area contributed by atoms with Crippen LogP contribution in [0.1, 0.15) is 43.7 Å². The van der Waals surface area contributed by atoms with E-state index in [0.29, 0.717) is 5.06 Å². The van der Waals surface area contributed by atoms with Gasteiger partial charge in [0.1, 0.15) is 0 Å². The molecule has 0 radical (unpaired) electrons. The number of rotatable bonds is 4. The molecule has 2 aromatic carbocycles. The lowest BCUT2D eigenvalue weighted by molar-refractivity contribution is -0.0588. The Bertz CT molecular complexity index is 1040. The number of hydrogen-bond acceptors (Lipinski definition) is 6. The van der Waals surface area contributed by atoms with Gasteiger partial charge in [0.2, 0.25) is 0 Å². The second-order valence-corrected chi connectivity index (χ2v) is 5.86. The summed E-state index contributed by atoms with van der Waals surface area (Å²) in [6.07, 6.45) is 2.18. The molecule has 3 aromatic rings. The molecule has 2 amide bonds. The molecule has 0 atom stereocenters. The van der Waals surface area contributed by atoms with E-state index in [2.05, 4.69) is 10.3 Å². The molecule has 134 valence electrons. The highest BCUT2D eigenvalue weighted by Crippen LogP contribution is 2.23. The standard InChI is InChI=1S/C19H14N4O4/c1-2-12-7-3-6-10-16(12)22-11-15(20-21-22)19(26)27-23-17(24)13-8-4-5-9-14(13)18(23)25/h3-11H,2H2,1H3. The quantitative estimate of drug-likeness (QED) is 0.661. The van der Waals surface area contributed by atoms with Crippen LogP contribution in [0.3, 0.4) is 0 Å². The number of carbonyl (C=O) groups excluding carboxylic acids is 3. The molecule has 0 aliphatic carbocycles. The first-order valence-electron chi connectivity index (χ1n) is 8.31. The minimum absolute atomic E-state index is 0.113. The lowest BCUT2D eigenvalue weighted by Crippen LogP contribution is -2.32. The van der Waals surface area contributed by atoms with Gasteiger partial charge in [-0.3, -0.25) is 9.59 Å². The molecule has 27 heavy (non-hydrogen) atoms. The Balaban J connectivity index is 1.56. The Morgan fingerprint density at radius 1 is 1.00 bits per heavy atom. The second-order valence-electron chi connectivity index (χ2n) is 5.86. The predicted molar refractivity (Wildman–Crippen MR) is 93.1 cm³/mol. The normalized spacial score (nSPS) is 13.0. The van der Waals surface area contributed by atoms with Gasteiger partial charge < -0.3 is 4.84 Å². The van der Waals surface area contributed by atoms with E-state index in [4.69, 9.17) is 4.84 Å². The summed E-state index contributed by atoms with van der Waals surface area (Å²) in [6.45, 7) is 2.01. The molecular formula is C19H14N4O4. The third-order valence-electron chi connectivity index (χ3n) is 4.25. The summed E-state index contributed by atoms with van der Waals surface area (Å²) in [5.41, 5.74) is 2.08. The number of nitrogens with zero attached hydrogens (tertiary/aromatic N) is 4. The number of aryl methyl sites for hydroxylation is 1. The Morgan fingerprint density at radius 3 is 2.30 bits per heavy atom. The van der Waals surface area contributed by atoms with Gasteiger partial charge in [-0.25, -0.2) is 9.48 Å². The zero-order valence-corrected chi connectivity index (χ0v) is 14.3. The van der Waals surface area contributed by atoms with Crippen LogP contribution in [0, 0.1) is 0 Å². The van der Waals surface area contributed by atoms with E-state index >= 15 is 0 Å². The lowest BCUT2D eigenvalue weighted by atomic mass is 10.1. The summed E-state index contributed by atoms with van der Waals surface area (Å²) in [5.74, 6) is -2.31. The maximum Gasteiger partial charge on any atom is 0.385 e. The molecule has 0 spiro atoms. The molecule has 2 heterocycles. The van der Waals surface area contributed by atoms with Gasteiger partial charge in [-0.2, -0.15) is 0 Å². The molecule has 8 nitrogen and oxygen atoms in total. The number of aromatic nitrogens is 3. The van der Waals surface area contributed by atoms with E-state index in [9.17, 15) is 14.4 Å². The third-order valence-corrected chi connectivity index (χ3v) is 4.25. The minimum atomic E-state index is -0.940. The number of hydrogen-bond donors (Lipinski definition) is 0. The number of imide groups is 1. The fourth-order valence-corrected chi connectivity index (χ4v) is 2.89. The average molecular weight is 362 g/mol. The fraction of sp³-hybridized carbons (Fsp3) is 0.105. The molecular weight excluding hydrogens is 348 g/mol. The van der Waals surface area contributed by atoms with Gasteiger partial charge in [0.05, 0.1) is 23.0 Å². The van der Waals surface area contributed by atoms with Crippen molar-refractivity contribution in [3.63, 3.8) is 0 Å². The molecule has 0 saturated carbocycles. The summed E-state index contributed by atoms with van der Waals surface area (Å²) < 4.78 is 1.46. The molecule has 4 rings (SSSR count). The number of carbonyl (C=O) groups is 3. The summed E-state index contributed by atoms with van der Waals surface area (Å²) in [5, 5.41) is 8.19. The van der Waals surface area contributed by atoms with E-state index in [-0.39, 0.29) is 16.8 Å². The van der Waals surface area contributed by atoms with Gasteiger partial charge in [-0.05, 0) is 30.2 Å². The van der Waals surface area contributed by atoms with Crippen molar-refractivity contribution in [1.29, 1.82) is 0 Å². The highest BCUT2D eigenvalue weighted by atomic mass is 16.7. The molecule has 0 bridgehead atoms. The van der Waals surface area contributed by atoms with Crippen molar-refractivity contribution in [2.75, 3.05) is 0 Å². The highest BCUT2D eigenvalue weighted by molar-refractivity contribution is 6.21. The maximum absolute atomic E-state index is 12.4. The number of para-hydroxylation sites is 1. The van der Waals surface area contributed by atoms with Crippen molar-refractivity contribution in [2.24, 2.45) is 0 Å². The van der Waals surface area contributed by atoms with Gasteiger partial charge >= 0.3 is 5.97 Å². The number of fused-ring (bicyclic) bond motifs is 1. The molecule has 1 aromatic heterocycles. The Kier molecular flexibility index (Phi) is 4.00. The van der Waals surface area contributed by atoms with Crippen molar-refractivity contribution in [2.45, 2.75) is 13.3 Å². The number of hydroxylamine groups is 2. The van der Waals surface area contributed by atoms with Crippen molar-refractivity contribution in [3.8, 4) is 5.69 Å². The molecule has 0 N–H and O–H groups in total. The van der Waals surface area contributed by atoms with Crippen LogP contribution in [-0.2, 0) is 11.3 Å². The van der Waals surface area contributed by atoms with Crippen LogP contribution in [0.25, 0.3) is 5.69 Å². The van der Waals surface area contributed by atoms with E-state index in [0.717, 1.165) is 17.7 Å². The Hall–Kier alpha value is -3.81. The summed E-state index contributed by atoms with van der Waals surface area (Å²) in [7, 11) is 0. The molecule has 0 unspecified atom stereocenters. The molecule has 0 fully saturated rings. The van der Waals surface area contributed by atoms with E-state index in [1.165, 1.54) is 23.0 Å². The van der Waals surface area contributed by atoms with Crippen molar-refractivity contribution >= 4 is 17.8 Å². The molecule has 0 saturated heterocycles. The van der Waals surface area contributed by atoms with Crippen LogP contribution in [0.2, 0.25) is 0 Å². The molecule has 1 aliphatic heterocycles. The van der Waals surface area contributed by atoms with Gasteiger partial charge in [0, 0.05) is 0 Å². The van der Waals surface area contributed by atoms with E-state index in [1.54, 1.807) is 12.1 Å². The van der Waals surface area contributed by atoms with Crippen LogP contribution in [-0.4, -0.2) is 37.8 Å². The van der Waals surface area contributed by atoms with Crippen molar-refractivity contribution < 1.29 is 19.2 Å². The fourth-order valence-electron chi connectivity index (χ4n) is 2.89. The largest absolute Gasteiger partial charge is 0.385 e. The summed E-state index contributed by atoms with van der Waals surface area (Å²) >= 11 is 0. The topological polar surface area (TPSA) is 94.4 Å². The van der Waals surface area contributed by atoms with Crippen LogP contribution >= 0.6 is 0 Å². The Labute approximate surface area is 153 Å². The summed E-state index contributed by atoms with van der Waals surface area (Å²) in [6, 6.07) is 13.8. The number of amides is 2. The predicted octanol–water partition coefficient (Wildman–Crippen LogP) is 2.20. The highest BCUT2D eigenvalue weighted by Gasteiger charge is 2.39.